The van der Waals surface area contributed by atoms with E-state index < -0.39 is 0 Å². The van der Waals surface area contributed by atoms with Crippen molar-refractivity contribution < 1.29 is 0 Å². The second kappa shape index (κ2) is 4.85. The van der Waals surface area contributed by atoms with Crippen LogP contribution in [0.3, 0.4) is 0 Å². The molecule has 1 nitrogen and oxygen atoms in total. The van der Waals surface area contributed by atoms with Crippen LogP contribution in [0, 0.1) is 0 Å². The van der Waals surface area contributed by atoms with Crippen molar-refractivity contribution in [2.45, 2.75) is 26.3 Å². The van der Waals surface area contributed by atoms with E-state index >= 15 is 0 Å². The van der Waals surface area contributed by atoms with Crippen LogP contribution in [0.5, 0.6) is 0 Å². The Morgan fingerprint density at radius 2 is 2.25 bits per heavy atom. The van der Waals surface area contributed by atoms with Crippen LogP contribution in [-0.2, 0) is 0 Å². The van der Waals surface area contributed by atoms with E-state index in [9.17, 15) is 0 Å². The zero-order chi connectivity index (χ0) is 6.41. The van der Waals surface area contributed by atoms with Gasteiger partial charge in [-0.05, 0) is 20.4 Å². The topological polar surface area (TPSA) is 12.0 Å². The van der Waals surface area contributed by atoms with Gasteiger partial charge >= 0.3 is 0 Å². The van der Waals surface area contributed by atoms with Gasteiger partial charge in [0.25, 0.3) is 0 Å². The summed E-state index contributed by atoms with van der Waals surface area (Å²) in [5.74, 6) is 0. The Kier molecular flexibility index (Phi) is 4.67. The third-order valence-corrected chi connectivity index (χ3v) is 1.12. The molecule has 0 aliphatic carbocycles. The third kappa shape index (κ3) is 3.88. The summed E-state index contributed by atoms with van der Waals surface area (Å²) in [4.78, 5) is 0. The molecular formula is C7H15N. The van der Waals surface area contributed by atoms with Gasteiger partial charge in [-0.2, -0.15) is 0 Å². The average molecular weight is 113 g/mol. The van der Waals surface area contributed by atoms with Gasteiger partial charge in [0.15, 0.2) is 0 Å². The zero-order valence-corrected chi connectivity index (χ0v) is 5.94. The van der Waals surface area contributed by atoms with Crippen molar-refractivity contribution in [2.75, 3.05) is 7.05 Å². The summed E-state index contributed by atoms with van der Waals surface area (Å²) in [6, 6.07) is 0.523. The van der Waals surface area contributed by atoms with Gasteiger partial charge < -0.3 is 5.32 Å². The molecule has 0 rings (SSSR count). The maximum absolute atomic E-state index is 3.11. The molecule has 0 aliphatic heterocycles. The molecular weight excluding hydrogens is 98.1 g/mol. The van der Waals surface area contributed by atoms with Gasteiger partial charge in [-0.15, -0.1) is 0 Å². The molecule has 0 saturated heterocycles. The zero-order valence-electron chi connectivity index (χ0n) is 5.94. The number of hydrogen-bond acceptors (Lipinski definition) is 1. The second-order valence-corrected chi connectivity index (χ2v) is 1.91. The molecule has 0 aromatic heterocycles. The normalized spacial score (nSPS) is 14.9. The molecule has 0 radical (unpaired) electrons. The Labute approximate surface area is 51.8 Å². The molecule has 0 aromatic carbocycles. The Balaban J connectivity index is 3.21. The van der Waals surface area contributed by atoms with Crippen molar-refractivity contribution in [1.82, 2.24) is 5.32 Å². The monoisotopic (exact) mass is 113 g/mol. The van der Waals surface area contributed by atoms with Gasteiger partial charge in [-0.25, -0.2) is 0 Å². The van der Waals surface area contributed by atoms with Crippen molar-refractivity contribution in [1.29, 1.82) is 0 Å². The highest BCUT2D eigenvalue weighted by Gasteiger charge is 1.84. The molecule has 0 amide bonds. The Bertz CT molecular complexity index is 66.8. The Morgan fingerprint density at radius 3 is 2.62 bits per heavy atom. The summed E-state index contributed by atoms with van der Waals surface area (Å²) >= 11 is 0. The number of rotatable bonds is 3. The molecule has 1 N–H and O–H groups in total. The van der Waals surface area contributed by atoms with Crippen molar-refractivity contribution in [3.63, 3.8) is 0 Å². The first-order valence-corrected chi connectivity index (χ1v) is 3.15. The third-order valence-electron chi connectivity index (χ3n) is 1.12. The lowest BCUT2D eigenvalue weighted by Crippen LogP contribution is -2.17. The van der Waals surface area contributed by atoms with E-state index in [1.54, 1.807) is 0 Å². The van der Waals surface area contributed by atoms with Crippen LogP contribution in [0.1, 0.15) is 20.3 Å². The van der Waals surface area contributed by atoms with Crippen LogP contribution in [0.4, 0.5) is 0 Å². The molecule has 1 atom stereocenters. The number of nitrogens with one attached hydrogen (secondary N) is 1. The molecule has 1 heteroatoms. The summed E-state index contributed by atoms with van der Waals surface area (Å²) < 4.78 is 0. The summed E-state index contributed by atoms with van der Waals surface area (Å²) in [5.41, 5.74) is 0. The number of allylic oxidation sites excluding steroid dienone is 1. The van der Waals surface area contributed by atoms with E-state index in [0.717, 1.165) is 6.42 Å². The predicted molar refractivity (Wildman–Crippen MR) is 38.0 cm³/mol. The highest BCUT2D eigenvalue weighted by Crippen LogP contribution is 1.84. The van der Waals surface area contributed by atoms with Crippen LogP contribution in [0.25, 0.3) is 0 Å². The van der Waals surface area contributed by atoms with Crippen molar-refractivity contribution in [3.8, 4) is 0 Å². The van der Waals surface area contributed by atoms with Gasteiger partial charge in [0.2, 0.25) is 0 Å². The van der Waals surface area contributed by atoms with Gasteiger partial charge in [-0.3, -0.25) is 0 Å². The fraction of sp³-hybridized carbons (Fsp3) is 0.714. The van der Waals surface area contributed by atoms with Crippen LogP contribution < -0.4 is 5.32 Å². The highest BCUT2D eigenvalue weighted by molar-refractivity contribution is 4.88. The predicted octanol–water partition coefficient (Wildman–Crippen LogP) is 1.56. The van der Waals surface area contributed by atoms with E-state index in [4.69, 9.17) is 0 Å². The van der Waals surface area contributed by atoms with E-state index in [2.05, 4.69) is 31.3 Å². The summed E-state index contributed by atoms with van der Waals surface area (Å²) in [6.07, 6.45) is 5.47. The van der Waals surface area contributed by atoms with E-state index in [1.165, 1.54) is 0 Å². The van der Waals surface area contributed by atoms with E-state index in [1.807, 2.05) is 7.05 Å². The van der Waals surface area contributed by atoms with Crippen LogP contribution >= 0.6 is 0 Å². The first-order valence-electron chi connectivity index (χ1n) is 3.15. The fourth-order valence-corrected chi connectivity index (χ4v) is 0.436. The molecule has 0 aliphatic rings. The molecule has 0 bridgehead atoms. The minimum atomic E-state index is 0.523. The molecule has 0 aromatic rings. The first-order chi connectivity index (χ1) is 3.81. The van der Waals surface area contributed by atoms with Crippen LogP contribution in [0.15, 0.2) is 12.2 Å². The van der Waals surface area contributed by atoms with Crippen molar-refractivity contribution in [2.24, 2.45) is 0 Å². The smallest absolute Gasteiger partial charge is 0.0218 e. The molecule has 0 saturated carbocycles. The Morgan fingerprint density at radius 1 is 1.62 bits per heavy atom. The van der Waals surface area contributed by atoms with Gasteiger partial charge in [0.05, 0.1) is 0 Å². The molecule has 1 unspecified atom stereocenters. The Hall–Kier alpha value is -0.300. The lowest BCUT2D eigenvalue weighted by molar-refractivity contribution is 0.726. The maximum atomic E-state index is 3.11. The van der Waals surface area contributed by atoms with Gasteiger partial charge in [0.1, 0.15) is 0 Å². The fourth-order valence-electron chi connectivity index (χ4n) is 0.436. The lowest BCUT2D eigenvalue weighted by atomic mass is 10.3. The van der Waals surface area contributed by atoms with Gasteiger partial charge in [-0.1, -0.05) is 19.1 Å². The minimum absolute atomic E-state index is 0.523. The van der Waals surface area contributed by atoms with Crippen molar-refractivity contribution in [3.05, 3.63) is 12.2 Å². The average Bonchev–Trinajstić information content (AvgIpc) is 1.83. The summed E-state index contributed by atoms with van der Waals surface area (Å²) in [5, 5.41) is 3.11. The van der Waals surface area contributed by atoms with Gasteiger partial charge in [0, 0.05) is 6.04 Å². The quantitative estimate of drug-likeness (QED) is 0.548. The van der Waals surface area contributed by atoms with E-state index in [-0.39, 0.29) is 0 Å². The molecule has 0 heterocycles. The van der Waals surface area contributed by atoms with Crippen molar-refractivity contribution >= 4 is 0 Å². The number of likely N-dealkylation sites (N-methyl/N-ethyl adjacent to an activating group) is 1. The summed E-state index contributed by atoms with van der Waals surface area (Å²) in [6.45, 7) is 4.27. The molecule has 0 spiro atoms. The van der Waals surface area contributed by atoms with Crippen LogP contribution in [-0.4, -0.2) is 13.1 Å². The largest absolute Gasteiger partial charge is 0.314 e. The molecule has 8 heavy (non-hydrogen) atoms. The SMILES string of the molecule is CC/C=C\C(C)NC. The second-order valence-electron chi connectivity index (χ2n) is 1.91. The molecule has 48 valence electrons. The lowest BCUT2D eigenvalue weighted by Gasteiger charge is -2.00. The maximum Gasteiger partial charge on any atom is 0.0218 e. The first kappa shape index (κ1) is 7.70. The summed E-state index contributed by atoms with van der Waals surface area (Å²) in [7, 11) is 1.96. The molecule has 0 fully saturated rings. The van der Waals surface area contributed by atoms with Crippen LogP contribution in [0.2, 0.25) is 0 Å². The van der Waals surface area contributed by atoms with E-state index in [0.29, 0.717) is 6.04 Å². The standard InChI is InChI=1S/C7H15N/c1-4-5-6-7(2)8-3/h5-8H,4H2,1-3H3/b6-5-. The number of hydrogen-bond donors (Lipinski definition) is 1. The highest BCUT2D eigenvalue weighted by atomic mass is 14.8. The minimum Gasteiger partial charge on any atom is -0.314 e.